The zero-order chi connectivity index (χ0) is 25.5. The first-order valence-corrected chi connectivity index (χ1v) is 12.3. The molecule has 0 saturated heterocycles. The monoisotopic (exact) mass is 504 g/mol. The molecule has 0 unspecified atom stereocenters. The van der Waals surface area contributed by atoms with Gasteiger partial charge in [-0.15, -0.1) is 0 Å². The smallest absolute Gasteiger partial charge is 0.317 e. The van der Waals surface area contributed by atoms with E-state index in [1.807, 2.05) is 37.4 Å². The number of aromatic nitrogens is 2. The fourth-order valence-corrected chi connectivity index (χ4v) is 4.33. The molecule has 36 heavy (non-hydrogen) atoms. The van der Waals surface area contributed by atoms with Crippen molar-refractivity contribution in [3.05, 3.63) is 116 Å². The average molecular weight is 505 g/mol. The van der Waals surface area contributed by atoms with Crippen LogP contribution in [0.15, 0.2) is 88.5 Å². The van der Waals surface area contributed by atoms with E-state index in [4.69, 9.17) is 11.6 Å². The fourth-order valence-electron chi connectivity index (χ4n) is 4.21. The van der Waals surface area contributed by atoms with Gasteiger partial charge in [-0.3, -0.25) is 23.5 Å². The van der Waals surface area contributed by atoms with Crippen LogP contribution in [0, 0.1) is 0 Å². The molecule has 1 N–H and O–H groups in total. The number of nitrogens with zero attached hydrogens (tertiary/aromatic N) is 3. The number of nitrogens with one attached hydrogen (secondary N) is 1. The summed E-state index contributed by atoms with van der Waals surface area (Å²) in [5.41, 5.74) is 1.82. The van der Waals surface area contributed by atoms with E-state index < -0.39 is 11.1 Å². The number of hydrogen-bond donors (Lipinski definition) is 1. The lowest BCUT2D eigenvalue weighted by Gasteiger charge is -2.17. The Morgan fingerprint density at radius 2 is 1.44 bits per heavy atom. The highest BCUT2D eigenvalue weighted by Crippen LogP contribution is 2.14. The third-order valence-corrected chi connectivity index (χ3v) is 6.28. The van der Waals surface area contributed by atoms with E-state index in [1.165, 1.54) is 14.7 Å². The van der Waals surface area contributed by atoms with Crippen LogP contribution < -0.4 is 16.4 Å². The topological polar surface area (TPSA) is 76.3 Å². The van der Waals surface area contributed by atoms with Crippen LogP contribution in [0.5, 0.6) is 0 Å². The molecule has 1 amide bonds. The quantitative estimate of drug-likeness (QED) is 0.265. The standard InChI is InChI=1S/C28H29ClN4O3/c1-31(18-21-8-3-2-4-9-21)17-7-16-30-26(34)20-33-25-11-6-5-10-24(25)32(27(35)28(33)36)19-22-12-14-23(29)15-13-22/h2-6,8-15H,7,16-20H2,1H3,(H,30,34). The van der Waals surface area contributed by atoms with Gasteiger partial charge in [-0.25, -0.2) is 0 Å². The van der Waals surface area contributed by atoms with Gasteiger partial charge in [0.1, 0.15) is 6.54 Å². The normalized spacial score (nSPS) is 11.2. The number of benzene rings is 3. The molecule has 0 atom stereocenters. The highest BCUT2D eigenvalue weighted by molar-refractivity contribution is 6.30. The molecule has 0 bridgehead atoms. The molecule has 186 valence electrons. The van der Waals surface area contributed by atoms with Crippen molar-refractivity contribution < 1.29 is 4.79 Å². The summed E-state index contributed by atoms with van der Waals surface area (Å²) in [5.74, 6) is -0.303. The van der Waals surface area contributed by atoms with Gasteiger partial charge in [0.15, 0.2) is 0 Å². The number of carbonyl (C=O) groups is 1. The first kappa shape index (κ1) is 25.4. The van der Waals surface area contributed by atoms with Gasteiger partial charge in [0.2, 0.25) is 5.91 Å². The molecule has 4 rings (SSSR count). The largest absolute Gasteiger partial charge is 0.355 e. The predicted octanol–water partition coefficient (Wildman–Crippen LogP) is 3.50. The minimum atomic E-state index is -0.722. The zero-order valence-electron chi connectivity index (χ0n) is 20.2. The highest BCUT2D eigenvalue weighted by atomic mass is 35.5. The van der Waals surface area contributed by atoms with Gasteiger partial charge in [-0.05, 0) is 55.4 Å². The molecule has 1 aromatic heterocycles. The lowest BCUT2D eigenvalue weighted by Crippen LogP contribution is -2.44. The molecule has 0 aliphatic heterocycles. The van der Waals surface area contributed by atoms with Crippen LogP contribution in [0.4, 0.5) is 0 Å². The Morgan fingerprint density at radius 1 is 0.833 bits per heavy atom. The number of hydrogen-bond acceptors (Lipinski definition) is 4. The van der Waals surface area contributed by atoms with E-state index in [2.05, 4.69) is 22.3 Å². The summed E-state index contributed by atoms with van der Waals surface area (Å²) in [6, 6.07) is 24.5. The molecule has 7 nitrogen and oxygen atoms in total. The third-order valence-electron chi connectivity index (χ3n) is 6.03. The van der Waals surface area contributed by atoms with Gasteiger partial charge in [0, 0.05) is 18.1 Å². The Bertz CT molecular complexity index is 1450. The van der Waals surface area contributed by atoms with Crippen LogP contribution in [-0.4, -0.2) is 40.1 Å². The predicted molar refractivity (Wildman–Crippen MR) is 143 cm³/mol. The highest BCUT2D eigenvalue weighted by Gasteiger charge is 2.15. The summed E-state index contributed by atoms with van der Waals surface area (Å²) in [4.78, 5) is 40.9. The molecule has 1 heterocycles. The Hall–Kier alpha value is -3.68. The fraction of sp³-hybridized carbons (Fsp3) is 0.250. The summed E-state index contributed by atoms with van der Waals surface area (Å²) in [6.45, 7) is 2.16. The van der Waals surface area contributed by atoms with Crippen LogP contribution in [0.3, 0.4) is 0 Å². The van der Waals surface area contributed by atoms with E-state index in [-0.39, 0.29) is 19.0 Å². The van der Waals surface area contributed by atoms with Crippen LogP contribution in [0.1, 0.15) is 17.5 Å². The lowest BCUT2D eigenvalue weighted by atomic mass is 10.2. The number of halogens is 1. The maximum absolute atomic E-state index is 13.0. The number of amides is 1. The second kappa shape index (κ2) is 11.8. The number of carbonyl (C=O) groups excluding carboxylic acids is 1. The molecule has 0 spiro atoms. The molecular weight excluding hydrogens is 476 g/mol. The lowest BCUT2D eigenvalue weighted by molar-refractivity contribution is -0.121. The van der Waals surface area contributed by atoms with Crippen molar-refractivity contribution >= 4 is 28.5 Å². The average Bonchev–Trinajstić information content (AvgIpc) is 2.89. The van der Waals surface area contributed by atoms with Crippen molar-refractivity contribution in [3.8, 4) is 0 Å². The molecule has 8 heteroatoms. The van der Waals surface area contributed by atoms with E-state index in [9.17, 15) is 14.4 Å². The minimum Gasteiger partial charge on any atom is -0.355 e. The van der Waals surface area contributed by atoms with Gasteiger partial charge < -0.3 is 10.2 Å². The number of para-hydroxylation sites is 2. The zero-order valence-corrected chi connectivity index (χ0v) is 20.9. The van der Waals surface area contributed by atoms with E-state index in [0.717, 1.165) is 25.1 Å². The summed E-state index contributed by atoms with van der Waals surface area (Å²) >= 11 is 5.97. The molecule has 0 radical (unpaired) electrons. The Morgan fingerprint density at radius 3 is 2.14 bits per heavy atom. The summed E-state index contributed by atoms with van der Waals surface area (Å²) in [6.07, 6.45) is 0.771. The van der Waals surface area contributed by atoms with Crippen LogP contribution in [0.25, 0.3) is 11.0 Å². The van der Waals surface area contributed by atoms with E-state index in [0.29, 0.717) is 22.6 Å². The Labute approximate surface area is 214 Å². The van der Waals surface area contributed by atoms with Gasteiger partial charge in [-0.1, -0.05) is 66.2 Å². The number of rotatable bonds is 10. The molecule has 0 fully saturated rings. The van der Waals surface area contributed by atoms with Crippen LogP contribution in [-0.2, 0) is 24.4 Å². The van der Waals surface area contributed by atoms with E-state index in [1.54, 1.807) is 36.4 Å². The maximum Gasteiger partial charge on any atom is 0.317 e. The first-order valence-electron chi connectivity index (χ1n) is 11.9. The summed E-state index contributed by atoms with van der Waals surface area (Å²) in [5, 5.41) is 3.47. The third kappa shape index (κ3) is 6.30. The van der Waals surface area contributed by atoms with Crippen LogP contribution >= 0.6 is 11.6 Å². The summed E-state index contributed by atoms with van der Waals surface area (Å²) < 4.78 is 2.70. The molecule has 4 aromatic rings. The molecule has 3 aromatic carbocycles. The number of fused-ring (bicyclic) bond motifs is 1. The molecule has 0 aliphatic carbocycles. The van der Waals surface area contributed by atoms with E-state index >= 15 is 0 Å². The van der Waals surface area contributed by atoms with Crippen molar-refractivity contribution in [2.24, 2.45) is 0 Å². The molecular formula is C28H29ClN4O3. The molecule has 0 saturated carbocycles. The Balaban J connectivity index is 1.42. The Kier molecular flexibility index (Phi) is 8.36. The van der Waals surface area contributed by atoms with Gasteiger partial charge in [-0.2, -0.15) is 0 Å². The summed E-state index contributed by atoms with van der Waals surface area (Å²) in [7, 11) is 2.04. The van der Waals surface area contributed by atoms with Crippen molar-refractivity contribution in [2.45, 2.75) is 26.1 Å². The second-order valence-electron chi connectivity index (χ2n) is 8.82. The maximum atomic E-state index is 13.0. The minimum absolute atomic E-state index is 0.212. The second-order valence-corrected chi connectivity index (χ2v) is 9.26. The van der Waals surface area contributed by atoms with Crippen molar-refractivity contribution in [1.29, 1.82) is 0 Å². The molecule has 0 aliphatic rings. The van der Waals surface area contributed by atoms with Crippen molar-refractivity contribution in [1.82, 2.24) is 19.4 Å². The van der Waals surface area contributed by atoms with Crippen LogP contribution in [0.2, 0.25) is 5.02 Å². The van der Waals surface area contributed by atoms with Crippen molar-refractivity contribution in [2.75, 3.05) is 20.1 Å². The van der Waals surface area contributed by atoms with Crippen molar-refractivity contribution in [3.63, 3.8) is 0 Å². The first-order chi connectivity index (χ1) is 17.4. The van der Waals surface area contributed by atoms with Gasteiger partial charge in [0.05, 0.1) is 17.6 Å². The van der Waals surface area contributed by atoms with Gasteiger partial charge in [0.25, 0.3) is 0 Å². The SMILES string of the molecule is CN(CCCNC(=O)Cn1c(=O)c(=O)n(Cc2ccc(Cl)cc2)c2ccccc21)Cc1ccccc1. The van der Waals surface area contributed by atoms with Gasteiger partial charge >= 0.3 is 11.1 Å².